The molecule has 0 saturated carbocycles. The number of hydrogen-bond donors (Lipinski definition) is 0. The van der Waals surface area contributed by atoms with Gasteiger partial charge in [0, 0.05) is 106 Å². The molecule has 6 aromatic heterocycles. The third kappa shape index (κ3) is 5.87. The zero-order chi connectivity index (χ0) is 50.7. The van der Waals surface area contributed by atoms with Crippen LogP contribution in [0.1, 0.15) is 0 Å². The number of fused-ring (bicyclic) bond motifs is 19. The minimum Gasteiger partial charge on any atom is -0.309 e. The van der Waals surface area contributed by atoms with Gasteiger partial charge in [-0.15, -0.1) is 22.7 Å². The Labute approximate surface area is 454 Å². The van der Waals surface area contributed by atoms with Crippen LogP contribution < -0.4 is 0 Å². The highest BCUT2D eigenvalue weighted by molar-refractivity contribution is 7.27. The third-order valence-electron chi connectivity index (χ3n) is 16.7. The predicted octanol–water partition coefficient (Wildman–Crippen LogP) is 20.5. The molecule has 362 valence electrons. The highest BCUT2D eigenvalue weighted by Gasteiger charge is 2.22. The van der Waals surface area contributed by atoms with E-state index in [1.807, 2.05) is 22.7 Å². The summed E-state index contributed by atoms with van der Waals surface area (Å²) in [4.78, 5) is 0. The summed E-state index contributed by atoms with van der Waals surface area (Å²) in [5.74, 6) is 0. The van der Waals surface area contributed by atoms with E-state index in [4.69, 9.17) is 0 Å². The fourth-order valence-corrected chi connectivity index (χ4v) is 15.7. The number of aromatic nitrogens is 4. The molecule has 18 aromatic rings. The maximum absolute atomic E-state index is 2.51. The van der Waals surface area contributed by atoms with Crippen LogP contribution in [0.15, 0.2) is 255 Å². The molecule has 0 aliphatic rings. The Morgan fingerprint density at radius 3 is 1.29 bits per heavy atom. The molecule has 0 radical (unpaired) electrons. The van der Waals surface area contributed by atoms with Crippen molar-refractivity contribution in [3.63, 3.8) is 0 Å². The minimum atomic E-state index is 1.13. The fraction of sp³-hybridized carbons (Fsp3) is 0. The highest BCUT2D eigenvalue weighted by atomic mass is 32.1. The minimum absolute atomic E-state index is 1.13. The number of rotatable bonds is 5. The van der Waals surface area contributed by atoms with Gasteiger partial charge in [-0.25, -0.2) is 0 Å². The average Bonchev–Trinajstić information content (AvgIpc) is 4.48. The van der Waals surface area contributed by atoms with Gasteiger partial charge in [0.25, 0.3) is 0 Å². The molecule has 0 aliphatic carbocycles. The van der Waals surface area contributed by atoms with Crippen LogP contribution in [0.2, 0.25) is 0 Å². The number of thiophene rings is 2. The van der Waals surface area contributed by atoms with Crippen LogP contribution in [-0.2, 0) is 0 Å². The second kappa shape index (κ2) is 15.9. The quantitative estimate of drug-likeness (QED) is 0.164. The average molecular weight is 1030 g/mol. The molecule has 0 amide bonds. The molecule has 4 nitrogen and oxygen atoms in total. The molecule has 0 spiro atoms. The van der Waals surface area contributed by atoms with E-state index in [-0.39, 0.29) is 0 Å². The lowest BCUT2D eigenvalue weighted by Crippen LogP contribution is -1.98. The number of nitrogens with zero attached hydrogens (tertiary/aromatic N) is 4. The van der Waals surface area contributed by atoms with E-state index < -0.39 is 0 Å². The van der Waals surface area contributed by atoms with Crippen molar-refractivity contribution >= 4 is 150 Å². The van der Waals surface area contributed by atoms with Crippen molar-refractivity contribution in [3.05, 3.63) is 255 Å². The molecule has 12 aromatic carbocycles. The zero-order valence-corrected chi connectivity index (χ0v) is 43.5. The van der Waals surface area contributed by atoms with Gasteiger partial charge in [-0.3, -0.25) is 0 Å². The van der Waals surface area contributed by atoms with Crippen LogP contribution >= 0.6 is 22.7 Å². The van der Waals surface area contributed by atoms with E-state index in [0.29, 0.717) is 0 Å². The van der Waals surface area contributed by atoms with Crippen LogP contribution in [0, 0.1) is 0 Å². The molecule has 0 aliphatic heterocycles. The number of hydrogen-bond acceptors (Lipinski definition) is 2. The number of para-hydroxylation sites is 5. The van der Waals surface area contributed by atoms with Gasteiger partial charge in [0.2, 0.25) is 0 Å². The fourth-order valence-electron chi connectivity index (χ4n) is 13.4. The summed E-state index contributed by atoms with van der Waals surface area (Å²) < 4.78 is 15.0. The lowest BCUT2D eigenvalue weighted by Gasteiger charge is -2.13. The molecule has 78 heavy (non-hydrogen) atoms. The Morgan fingerprint density at radius 2 is 0.654 bits per heavy atom. The van der Waals surface area contributed by atoms with Crippen molar-refractivity contribution in [1.82, 2.24) is 18.3 Å². The van der Waals surface area contributed by atoms with Crippen LogP contribution in [0.4, 0.5) is 0 Å². The first-order valence-corrected chi connectivity index (χ1v) is 28.3. The summed E-state index contributed by atoms with van der Waals surface area (Å²) in [5, 5.41) is 15.3. The predicted molar refractivity (Wildman–Crippen MR) is 335 cm³/mol. The Hall–Kier alpha value is -9.72. The van der Waals surface area contributed by atoms with Crippen LogP contribution in [0.25, 0.3) is 161 Å². The van der Waals surface area contributed by atoms with E-state index in [0.717, 1.165) is 22.7 Å². The van der Waals surface area contributed by atoms with Gasteiger partial charge in [0.15, 0.2) is 0 Å². The third-order valence-corrected chi connectivity index (χ3v) is 19.1. The van der Waals surface area contributed by atoms with Crippen LogP contribution in [0.5, 0.6) is 0 Å². The zero-order valence-electron chi connectivity index (χ0n) is 41.9. The monoisotopic (exact) mass is 1030 g/mol. The van der Waals surface area contributed by atoms with Gasteiger partial charge in [-0.05, 0) is 126 Å². The van der Waals surface area contributed by atoms with Gasteiger partial charge in [0.1, 0.15) is 0 Å². The first-order chi connectivity index (χ1) is 38.7. The van der Waals surface area contributed by atoms with Crippen molar-refractivity contribution in [2.75, 3.05) is 0 Å². The Bertz CT molecular complexity index is 5470. The second-order valence-electron chi connectivity index (χ2n) is 20.8. The van der Waals surface area contributed by atoms with Crippen molar-refractivity contribution in [1.29, 1.82) is 0 Å². The van der Waals surface area contributed by atoms with Crippen molar-refractivity contribution in [3.8, 4) is 33.9 Å². The molecular weight excluding hydrogens is 985 g/mol. The van der Waals surface area contributed by atoms with Crippen molar-refractivity contribution in [2.24, 2.45) is 0 Å². The molecule has 0 unspecified atom stereocenters. The van der Waals surface area contributed by atoms with Crippen LogP contribution in [0.3, 0.4) is 0 Å². The summed E-state index contributed by atoms with van der Waals surface area (Å²) in [5.41, 5.74) is 16.6. The van der Waals surface area contributed by atoms with Gasteiger partial charge < -0.3 is 18.3 Å². The summed E-state index contributed by atoms with van der Waals surface area (Å²) in [6.07, 6.45) is 0. The van der Waals surface area contributed by atoms with E-state index in [1.54, 1.807) is 0 Å². The van der Waals surface area contributed by atoms with Crippen molar-refractivity contribution in [2.45, 2.75) is 0 Å². The summed E-state index contributed by atoms with van der Waals surface area (Å²) in [6.45, 7) is 0. The standard InChI is InChI=1S/C72H42N4S2/c1-7-22-60-49(16-1)50-17-2-8-23-61(50)73(60)45-30-32-46(33-31-45)74-64-26-11-5-21-56(64)71-65(74)36-35-55-58-38-43(29-37-69(58)78-72(55)71)44-28-34-53-57-41-59-54-20-6-12-27-68(54)77-70(59)42-67(57)76(66(53)39-44)48-15-13-14-47(40-48)75-62-24-9-3-18-51(62)52-19-4-10-25-63(52)75/h1-42H. The maximum Gasteiger partial charge on any atom is 0.0555 e. The van der Waals surface area contributed by atoms with Crippen LogP contribution in [-0.4, -0.2) is 18.3 Å². The summed E-state index contributed by atoms with van der Waals surface area (Å²) >= 11 is 3.79. The van der Waals surface area contributed by atoms with E-state index in [9.17, 15) is 0 Å². The molecule has 6 heteroatoms. The Balaban J connectivity index is 0.797. The first kappa shape index (κ1) is 42.5. The van der Waals surface area contributed by atoms with E-state index in [1.165, 1.54) is 139 Å². The maximum atomic E-state index is 2.51. The molecule has 0 N–H and O–H groups in total. The lowest BCUT2D eigenvalue weighted by atomic mass is 10.0. The topological polar surface area (TPSA) is 19.7 Å². The molecule has 0 fully saturated rings. The molecule has 0 atom stereocenters. The molecule has 0 saturated heterocycles. The van der Waals surface area contributed by atoms with Gasteiger partial charge in [0.05, 0.1) is 44.1 Å². The van der Waals surface area contributed by atoms with Gasteiger partial charge in [-0.1, -0.05) is 140 Å². The molecule has 0 bridgehead atoms. The molecule has 18 rings (SSSR count). The molecule has 6 heterocycles. The normalized spacial score (nSPS) is 12.4. The highest BCUT2D eigenvalue weighted by Crippen LogP contribution is 2.47. The van der Waals surface area contributed by atoms with Gasteiger partial charge >= 0.3 is 0 Å². The summed E-state index contributed by atoms with van der Waals surface area (Å²) in [6, 6.07) is 94.9. The van der Waals surface area contributed by atoms with E-state index in [2.05, 4.69) is 273 Å². The Kier molecular flexibility index (Phi) is 8.67. The first-order valence-electron chi connectivity index (χ1n) is 26.6. The Morgan fingerprint density at radius 1 is 0.205 bits per heavy atom. The SMILES string of the molecule is c1cc(-n2c3ccccc3c3ccccc32)cc(-n2c3cc(-c4ccc5sc6c(ccc7c6c6ccccc6n7-c6ccc(-n7c8ccccc8c8ccccc87)cc6)c5c4)ccc3c3cc4c(cc32)sc2ccccc24)c1. The van der Waals surface area contributed by atoms with Gasteiger partial charge in [-0.2, -0.15) is 0 Å². The largest absolute Gasteiger partial charge is 0.309 e. The van der Waals surface area contributed by atoms with E-state index >= 15 is 0 Å². The van der Waals surface area contributed by atoms with Crippen molar-refractivity contribution < 1.29 is 0 Å². The second-order valence-corrected chi connectivity index (χ2v) is 22.9. The lowest BCUT2D eigenvalue weighted by molar-refractivity contribution is 1.13. The summed E-state index contributed by atoms with van der Waals surface area (Å²) in [7, 11) is 0. The smallest absolute Gasteiger partial charge is 0.0555 e. The number of benzene rings is 12. The molecular formula is C72H42N4S2.